The molecule has 1 amide bonds. The summed E-state index contributed by atoms with van der Waals surface area (Å²) < 4.78 is 5.81. The molecule has 118 valence electrons. The molecule has 0 aromatic heterocycles. The Labute approximate surface area is 136 Å². The van der Waals surface area contributed by atoms with Crippen molar-refractivity contribution in [1.29, 1.82) is 0 Å². The average Bonchev–Trinajstić information content (AvgIpc) is 3.12. The molecule has 0 bridgehead atoms. The van der Waals surface area contributed by atoms with Crippen LogP contribution in [0.25, 0.3) is 0 Å². The van der Waals surface area contributed by atoms with Crippen LogP contribution in [0.5, 0.6) is 5.75 Å². The quantitative estimate of drug-likeness (QED) is 0.851. The van der Waals surface area contributed by atoms with E-state index in [1.54, 1.807) is 12.1 Å². The van der Waals surface area contributed by atoms with Crippen molar-refractivity contribution < 1.29 is 9.53 Å². The minimum Gasteiger partial charge on any atom is -0.488 e. The molecule has 4 nitrogen and oxygen atoms in total. The number of hydrogen-bond acceptors (Lipinski definition) is 3. The minimum absolute atomic E-state index is 0.229. The van der Waals surface area contributed by atoms with Crippen LogP contribution in [-0.4, -0.2) is 11.6 Å². The fourth-order valence-corrected chi connectivity index (χ4v) is 2.60. The number of nitrogens with zero attached hydrogens (tertiary/aromatic N) is 1. The van der Waals surface area contributed by atoms with Gasteiger partial charge in [-0.2, -0.15) is 5.10 Å². The molecule has 4 heteroatoms. The molecular formula is C19H20N2O2. The molecule has 1 aliphatic rings. The fraction of sp³-hybridized carbons (Fsp3) is 0.263. The molecule has 3 rings (SSSR count). The summed E-state index contributed by atoms with van der Waals surface area (Å²) in [5.41, 5.74) is 5.29. The van der Waals surface area contributed by atoms with Gasteiger partial charge in [-0.1, -0.05) is 42.5 Å². The first kappa shape index (κ1) is 15.3. The summed E-state index contributed by atoms with van der Waals surface area (Å²) in [7, 11) is 0. The van der Waals surface area contributed by atoms with Crippen LogP contribution in [0.4, 0.5) is 0 Å². The molecule has 0 radical (unpaired) electrons. The lowest BCUT2D eigenvalue weighted by molar-refractivity contribution is 0.0950. The second kappa shape index (κ2) is 7.58. The van der Waals surface area contributed by atoms with Crippen molar-refractivity contribution in [1.82, 2.24) is 5.43 Å². The molecule has 1 fully saturated rings. The van der Waals surface area contributed by atoms with Gasteiger partial charge in [0.15, 0.2) is 0 Å². The van der Waals surface area contributed by atoms with E-state index >= 15 is 0 Å². The topological polar surface area (TPSA) is 50.7 Å². The number of benzene rings is 2. The number of nitrogens with one attached hydrogen (secondary N) is 1. The second-order valence-corrected chi connectivity index (χ2v) is 5.60. The van der Waals surface area contributed by atoms with Gasteiger partial charge in [0.2, 0.25) is 0 Å². The first-order valence-corrected chi connectivity index (χ1v) is 7.94. The van der Waals surface area contributed by atoms with E-state index in [4.69, 9.17) is 4.74 Å². The highest BCUT2D eigenvalue weighted by atomic mass is 16.5. The Kier molecular flexibility index (Phi) is 5.04. The largest absolute Gasteiger partial charge is 0.488 e. The number of hydrazone groups is 1. The second-order valence-electron chi connectivity index (χ2n) is 5.60. The van der Waals surface area contributed by atoms with Crippen molar-refractivity contribution in [2.45, 2.75) is 32.3 Å². The number of ether oxygens (including phenoxy) is 1. The van der Waals surface area contributed by atoms with E-state index in [-0.39, 0.29) is 5.91 Å². The molecule has 1 N–H and O–H groups in total. The fourth-order valence-electron chi connectivity index (χ4n) is 2.60. The highest BCUT2D eigenvalue weighted by Gasteiger charge is 2.13. The van der Waals surface area contributed by atoms with E-state index in [1.807, 2.05) is 42.5 Å². The third kappa shape index (κ3) is 4.19. The summed E-state index contributed by atoms with van der Waals surface area (Å²) in [5, 5.41) is 4.22. The van der Waals surface area contributed by atoms with Crippen LogP contribution in [0.2, 0.25) is 0 Å². The van der Waals surface area contributed by atoms with Crippen molar-refractivity contribution in [2.75, 3.05) is 0 Å². The summed E-state index contributed by atoms with van der Waals surface area (Å²) in [6.45, 7) is 0.430. The number of amides is 1. The first-order valence-electron chi connectivity index (χ1n) is 7.94. The predicted octanol–water partition coefficient (Wildman–Crippen LogP) is 3.93. The zero-order valence-electron chi connectivity index (χ0n) is 13.0. The minimum atomic E-state index is -0.229. The zero-order chi connectivity index (χ0) is 15.9. The SMILES string of the molecule is O=C(NN=C1CCCC1)c1ccccc1OCc1ccccc1. The molecule has 0 aliphatic heterocycles. The van der Waals surface area contributed by atoms with Crippen LogP contribution in [0, 0.1) is 0 Å². The summed E-state index contributed by atoms with van der Waals surface area (Å²) >= 11 is 0. The number of carbonyl (C=O) groups excluding carboxylic acids is 1. The van der Waals surface area contributed by atoms with Crippen molar-refractivity contribution >= 4 is 11.6 Å². The van der Waals surface area contributed by atoms with Gasteiger partial charge in [-0.05, 0) is 43.4 Å². The van der Waals surface area contributed by atoms with Crippen molar-refractivity contribution in [3.8, 4) is 5.75 Å². The van der Waals surface area contributed by atoms with E-state index in [0.29, 0.717) is 17.9 Å². The van der Waals surface area contributed by atoms with Gasteiger partial charge in [0.05, 0.1) is 5.56 Å². The maximum absolute atomic E-state index is 12.3. The van der Waals surface area contributed by atoms with Crippen molar-refractivity contribution in [2.24, 2.45) is 5.10 Å². The molecule has 23 heavy (non-hydrogen) atoms. The smallest absolute Gasteiger partial charge is 0.275 e. The number of carbonyl (C=O) groups is 1. The van der Waals surface area contributed by atoms with Crippen molar-refractivity contribution in [3.05, 3.63) is 65.7 Å². The Bertz CT molecular complexity index is 688. The predicted molar refractivity (Wildman–Crippen MR) is 90.6 cm³/mol. The van der Waals surface area contributed by atoms with Gasteiger partial charge in [0, 0.05) is 5.71 Å². The third-order valence-electron chi connectivity index (χ3n) is 3.87. The van der Waals surface area contributed by atoms with Crippen LogP contribution in [0.1, 0.15) is 41.6 Å². The molecule has 1 aliphatic carbocycles. The van der Waals surface area contributed by atoms with E-state index < -0.39 is 0 Å². The highest BCUT2D eigenvalue weighted by molar-refractivity contribution is 5.98. The van der Waals surface area contributed by atoms with Crippen LogP contribution in [-0.2, 0) is 6.61 Å². The third-order valence-corrected chi connectivity index (χ3v) is 3.87. The van der Waals surface area contributed by atoms with Gasteiger partial charge in [-0.3, -0.25) is 4.79 Å². The summed E-state index contributed by atoms with van der Waals surface area (Å²) in [6, 6.07) is 17.1. The van der Waals surface area contributed by atoms with Gasteiger partial charge in [0.25, 0.3) is 5.91 Å². The Morgan fingerprint density at radius 3 is 2.48 bits per heavy atom. The lowest BCUT2D eigenvalue weighted by Gasteiger charge is -2.10. The number of para-hydroxylation sites is 1. The molecule has 1 saturated carbocycles. The van der Waals surface area contributed by atoms with Crippen LogP contribution >= 0.6 is 0 Å². The molecule has 0 heterocycles. The Hall–Kier alpha value is -2.62. The first-order chi connectivity index (χ1) is 11.3. The maximum Gasteiger partial charge on any atom is 0.275 e. The standard InChI is InChI=1S/C19H20N2O2/c22-19(21-20-16-10-4-5-11-16)17-12-6-7-13-18(17)23-14-15-8-2-1-3-9-15/h1-3,6-9,12-13H,4-5,10-11,14H2,(H,21,22). The van der Waals surface area contributed by atoms with Gasteiger partial charge < -0.3 is 4.74 Å². The van der Waals surface area contributed by atoms with Crippen LogP contribution < -0.4 is 10.2 Å². The molecular weight excluding hydrogens is 288 g/mol. The maximum atomic E-state index is 12.3. The summed E-state index contributed by atoms with van der Waals surface area (Å²) in [4.78, 5) is 12.3. The molecule has 2 aromatic carbocycles. The molecule has 0 unspecified atom stereocenters. The average molecular weight is 308 g/mol. The molecule has 0 atom stereocenters. The Morgan fingerprint density at radius 1 is 1.00 bits per heavy atom. The van der Waals surface area contributed by atoms with E-state index in [1.165, 1.54) is 0 Å². The van der Waals surface area contributed by atoms with Gasteiger partial charge in [-0.25, -0.2) is 5.43 Å². The molecule has 0 saturated heterocycles. The lowest BCUT2D eigenvalue weighted by atomic mass is 10.2. The molecule has 0 spiro atoms. The summed E-state index contributed by atoms with van der Waals surface area (Å²) in [6.07, 6.45) is 4.27. The summed E-state index contributed by atoms with van der Waals surface area (Å²) in [5.74, 6) is 0.341. The van der Waals surface area contributed by atoms with Gasteiger partial charge >= 0.3 is 0 Å². The number of rotatable bonds is 5. The Balaban J connectivity index is 1.67. The molecule has 2 aromatic rings. The Morgan fingerprint density at radius 2 is 1.70 bits per heavy atom. The van der Waals surface area contributed by atoms with Crippen LogP contribution in [0.3, 0.4) is 0 Å². The van der Waals surface area contributed by atoms with Crippen LogP contribution in [0.15, 0.2) is 59.7 Å². The van der Waals surface area contributed by atoms with E-state index in [2.05, 4.69) is 10.5 Å². The lowest BCUT2D eigenvalue weighted by Crippen LogP contribution is -2.20. The van der Waals surface area contributed by atoms with E-state index in [0.717, 1.165) is 37.0 Å². The van der Waals surface area contributed by atoms with Crippen molar-refractivity contribution in [3.63, 3.8) is 0 Å². The van der Waals surface area contributed by atoms with E-state index in [9.17, 15) is 4.79 Å². The normalized spacial score (nSPS) is 13.7. The number of hydrogen-bond donors (Lipinski definition) is 1. The highest BCUT2D eigenvalue weighted by Crippen LogP contribution is 2.20. The monoisotopic (exact) mass is 308 g/mol. The van der Waals surface area contributed by atoms with Gasteiger partial charge in [0.1, 0.15) is 12.4 Å². The zero-order valence-corrected chi connectivity index (χ0v) is 13.0. The van der Waals surface area contributed by atoms with Gasteiger partial charge in [-0.15, -0.1) is 0 Å².